The van der Waals surface area contributed by atoms with Gasteiger partial charge in [0, 0.05) is 23.6 Å². The molecule has 0 heterocycles. The van der Waals surface area contributed by atoms with Crippen LogP contribution in [0.1, 0.15) is 31.0 Å². The van der Waals surface area contributed by atoms with Crippen molar-refractivity contribution in [2.75, 3.05) is 0 Å². The topological polar surface area (TPSA) is 92.5 Å². The number of nitrogens with zero attached hydrogens (tertiary/aromatic N) is 1. The van der Waals surface area contributed by atoms with Crippen LogP contribution in [-0.4, -0.2) is 15.9 Å². The molecule has 6 heteroatoms. The molecular weight excluding hydrogens is 344 g/mol. The van der Waals surface area contributed by atoms with Crippen LogP contribution in [-0.2, 0) is 4.79 Å². The second-order valence-electron chi connectivity index (χ2n) is 6.67. The molecule has 0 aliphatic rings. The number of non-ortho nitro benzene ring substituents is 1. The van der Waals surface area contributed by atoms with Gasteiger partial charge in [0.15, 0.2) is 0 Å². The molecule has 6 nitrogen and oxygen atoms in total. The first-order chi connectivity index (χ1) is 12.9. The lowest BCUT2D eigenvalue weighted by atomic mass is 9.92. The second-order valence-corrected chi connectivity index (χ2v) is 6.67. The van der Waals surface area contributed by atoms with Gasteiger partial charge >= 0.3 is 0 Å². The number of nitrogens with one attached hydrogen (secondary N) is 1. The van der Waals surface area contributed by atoms with Crippen molar-refractivity contribution >= 4 is 22.4 Å². The third-order valence-electron chi connectivity index (χ3n) is 4.46. The van der Waals surface area contributed by atoms with Gasteiger partial charge in [-0.1, -0.05) is 56.3 Å². The van der Waals surface area contributed by atoms with Crippen LogP contribution >= 0.6 is 0 Å². The molecule has 0 saturated carbocycles. The number of hydrogen-bond acceptors (Lipinski definition) is 4. The van der Waals surface area contributed by atoms with E-state index in [1.54, 1.807) is 38.1 Å². The fourth-order valence-corrected chi connectivity index (χ4v) is 3.04. The number of benzene rings is 3. The molecule has 0 aromatic heterocycles. The number of phenolic OH excluding ortho intramolecular Hbond substituents is 1. The summed E-state index contributed by atoms with van der Waals surface area (Å²) >= 11 is 0. The molecule has 0 unspecified atom stereocenters. The zero-order chi connectivity index (χ0) is 19.6. The number of hydrogen-bond donors (Lipinski definition) is 2. The lowest BCUT2D eigenvalue weighted by molar-refractivity contribution is -0.384. The van der Waals surface area contributed by atoms with Crippen molar-refractivity contribution in [3.05, 3.63) is 81.9 Å². The molecule has 0 aliphatic carbocycles. The van der Waals surface area contributed by atoms with Crippen LogP contribution in [0.5, 0.6) is 5.75 Å². The number of aromatic hydroxyl groups is 1. The highest BCUT2D eigenvalue weighted by Crippen LogP contribution is 2.36. The van der Waals surface area contributed by atoms with Crippen molar-refractivity contribution in [1.82, 2.24) is 5.32 Å². The van der Waals surface area contributed by atoms with Gasteiger partial charge in [-0.3, -0.25) is 14.9 Å². The lowest BCUT2D eigenvalue weighted by Gasteiger charge is -2.23. The summed E-state index contributed by atoms with van der Waals surface area (Å²) in [5.41, 5.74) is 0.975. The van der Waals surface area contributed by atoms with Gasteiger partial charge in [0.05, 0.1) is 11.0 Å². The molecule has 3 aromatic rings. The highest BCUT2D eigenvalue weighted by molar-refractivity contribution is 5.89. The smallest absolute Gasteiger partial charge is 0.269 e. The van der Waals surface area contributed by atoms with Gasteiger partial charge in [0.25, 0.3) is 5.69 Å². The first-order valence-electron chi connectivity index (χ1n) is 8.64. The van der Waals surface area contributed by atoms with E-state index in [4.69, 9.17) is 0 Å². The Morgan fingerprint density at radius 2 is 1.81 bits per heavy atom. The Morgan fingerprint density at radius 1 is 1.07 bits per heavy atom. The molecule has 0 fully saturated rings. The van der Waals surface area contributed by atoms with Crippen molar-refractivity contribution in [3.63, 3.8) is 0 Å². The monoisotopic (exact) mass is 364 g/mol. The molecule has 27 heavy (non-hydrogen) atoms. The van der Waals surface area contributed by atoms with Gasteiger partial charge in [-0.2, -0.15) is 0 Å². The van der Waals surface area contributed by atoms with Crippen LogP contribution in [0.2, 0.25) is 0 Å². The standard InChI is InChI=1S/C21H20N2O4/c1-13(2)21(25)22-20(15-7-5-8-16(12-15)23(26)27)19-17-9-4-3-6-14(17)10-11-18(19)24/h3-13,20,24H,1-2H3,(H,22,25)/t20-/m1/s1. The van der Waals surface area contributed by atoms with Gasteiger partial charge in [-0.15, -0.1) is 0 Å². The van der Waals surface area contributed by atoms with E-state index in [2.05, 4.69) is 5.32 Å². The third-order valence-corrected chi connectivity index (χ3v) is 4.46. The van der Waals surface area contributed by atoms with E-state index in [0.717, 1.165) is 10.8 Å². The summed E-state index contributed by atoms with van der Waals surface area (Å²) in [5.74, 6) is -0.462. The molecule has 3 aromatic carbocycles. The summed E-state index contributed by atoms with van der Waals surface area (Å²) in [6, 6.07) is 16.3. The lowest BCUT2D eigenvalue weighted by Crippen LogP contribution is -2.32. The molecule has 0 radical (unpaired) electrons. The Labute approximate surface area is 156 Å². The largest absolute Gasteiger partial charge is 0.508 e. The van der Waals surface area contributed by atoms with E-state index >= 15 is 0 Å². The summed E-state index contributed by atoms with van der Waals surface area (Å²) in [4.78, 5) is 23.2. The summed E-state index contributed by atoms with van der Waals surface area (Å²) in [5, 5.41) is 26.4. The number of nitro benzene ring substituents is 1. The van der Waals surface area contributed by atoms with Crippen molar-refractivity contribution in [1.29, 1.82) is 0 Å². The SMILES string of the molecule is CC(C)C(=O)N[C@H](c1cccc([N+](=O)[O-])c1)c1c(O)ccc2ccccc12. The van der Waals surface area contributed by atoms with Crippen LogP contribution in [0, 0.1) is 16.0 Å². The number of rotatable bonds is 5. The Morgan fingerprint density at radius 3 is 2.52 bits per heavy atom. The average Bonchev–Trinajstić information content (AvgIpc) is 2.66. The predicted molar refractivity (Wildman–Crippen MR) is 104 cm³/mol. The van der Waals surface area contributed by atoms with E-state index in [1.807, 2.05) is 24.3 Å². The molecule has 0 bridgehead atoms. The first kappa shape index (κ1) is 18.4. The van der Waals surface area contributed by atoms with Gasteiger partial charge < -0.3 is 10.4 Å². The van der Waals surface area contributed by atoms with E-state index in [1.165, 1.54) is 12.1 Å². The zero-order valence-corrected chi connectivity index (χ0v) is 15.0. The Hall–Kier alpha value is -3.41. The fourth-order valence-electron chi connectivity index (χ4n) is 3.04. The van der Waals surface area contributed by atoms with E-state index in [9.17, 15) is 20.0 Å². The number of phenols is 1. The van der Waals surface area contributed by atoms with Gasteiger partial charge in [0.2, 0.25) is 5.91 Å². The Balaban J connectivity index is 2.22. The molecular formula is C21H20N2O4. The second kappa shape index (κ2) is 7.45. The van der Waals surface area contributed by atoms with Crippen LogP contribution in [0.25, 0.3) is 10.8 Å². The maximum atomic E-state index is 12.4. The maximum absolute atomic E-state index is 12.4. The number of amides is 1. The Kier molecular flexibility index (Phi) is 5.07. The molecule has 1 atom stereocenters. The van der Waals surface area contributed by atoms with E-state index in [-0.39, 0.29) is 23.3 Å². The zero-order valence-electron chi connectivity index (χ0n) is 15.0. The third kappa shape index (κ3) is 3.74. The van der Waals surface area contributed by atoms with E-state index < -0.39 is 11.0 Å². The van der Waals surface area contributed by atoms with Crippen LogP contribution < -0.4 is 5.32 Å². The normalized spacial score (nSPS) is 12.1. The minimum Gasteiger partial charge on any atom is -0.508 e. The maximum Gasteiger partial charge on any atom is 0.269 e. The van der Waals surface area contributed by atoms with Gasteiger partial charge in [-0.05, 0) is 22.4 Å². The minimum atomic E-state index is -0.717. The minimum absolute atomic E-state index is 0.0225. The highest BCUT2D eigenvalue weighted by Gasteiger charge is 2.24. The highest BCUT2D eigenvalue weighted by atomic mass is 16.6. The number of fused-ring (bicyclic) bond motifs is 1. The average molecular weight is 364 g/mol. The first-order valence-corrected chi connectivity index (χ1v) is 8.64. The van der Waals surface area contributed by atoms with Gasteiger partial charge in [0.1, 0.15) is 5.75 Å². The summed E-state index contributed by atoms with van der Waals surface area (Å²) in [7, 11) is 0. The molecule has 138 valence electrons. The number of nitro groups is 1. The number of carbonyl (C=O) groups is 1. The Bertz CT molecular complexity index is 1010. The molecule has 1 amide bonds. The molecule has 0 saturated heterocycles. The van der Waals surface area contributed by atoms with Crippen molar-refractivity contribution in [3.8, 4) is 5.75 Å². The molecule has 3 rings (SSSR count). The molecule has 0 spiro atoms. The summed E-state index contributed by atoms with van der Waals surface area (Å²) in [6.07, 6.45) is 0. The fraction of sp³-hybridized carbons (Fsp3) is 0.190. The van der Waals surface area contributed by atoms with Crippen molar-refractivity contribution in [2.24, 2.45) is 5.92 Å². The van der Waals surface area contributed by atoms with E-state index in [0.29, 0.717) is 11.1 Å². The van der Waals surface area contributed by atoms with Crippen molar-refractivity contribution < 1.29 is 14.8 Å². The predicted octanol–water partition coefficient (Wildman–Crippen LogP) is 4.32. The summed E-state index contributed by atoms with van der Waals surface area (Å²) in [6.45, 7) is 3.53. The van der Waals surface area contributed by atoms with Crippen LogP contribution in [0.15, 0.2) is 60.7 Å². The van der Waals surface area contributed by atoms with Crippen LogP contribution in [0.3, 0.4) is 0 Å². The molecule has 2 N–H and O–H groups in total. The summed E-state index contributed by atoms with van der Waals surface area (Å²) < 4.78 is 0. The van der Waals surface area contributed by atoms with Gasteiger partial charge in [-0.25, -0.2) is 0 Å². The quantitative estimate of drug-likeness (QED) is 0.521. The number of carbonyl (C=O) groups excluding carboxylic acids is 1. The molecule has 0 aliphatic heterocycles. The van der Waals surface area contributed by atoms with Crippen LogP contribution in [0.4, 0.5) is 5.69 Å². The van der Waals surface area contributed by atoms with Crippen molar-refractivity contribution in [2.45, 2.75) is 19.9 Å².